The van der Waals surface area contributed by atoms with E-state index in [1.165, 1.54) is 0 Å². The minimum atomic E-state index is -0.169. The highest BCUT2D eigenvalue weighted by molar-refractivity contribution is 5.78. The molecule has 2 rings (SSSR count). The number of nitrogens with zero attached hydrogens (tertiary/aromatic N) is 1. The average Bonchev–Trinajstić information content (AvgIpc) is 2.69. The van der Waals surface area contributed by atoms with Crippen molar-refractivity contribution in [2.45, 2.75) is 45.3 Å². The first-order valence-electron chi connectivity index (χ1n) is 6.73. The number of esters is 2. The Morgan fingerprint density at radius 2 is 2.33 bits per heavy atom. The fourth-order valence-corrected chi connectivity index (χ4v) is 2.78. The minimum absolute atomic E-state index is 0.00882. The van der Waals surface area contributed by atoms with E-state index in [2.05, 4.69) is 4.90 Å². The van der Waals surface area contributed by atoms with Gasteiger partial charge in [-0.15, -0.1) is 0 Å². The largest absolute Gasteiger partial charge is 0.466 e. The Bertz CT molecular complexity index is 331. The highest BCUT2D eigenvalue weighted by Crippen LogP contribution is 2.26. The Kier molecular flexibility index (Phi) is 4.22. The fourth-order valence-electron chi connectivity index (χ4n) is 2.78. The molecule has 5 heteroatoms. The maximum absolute atomic E-state index is 11.7. The van der Waals surface area contributed by atoms with E-state index in [0.29, 0.717) is 13.2 Å². The molecule has 0 aromatic heterocycles. The van der Waals surface area contributed by atoms with Crippen LogP contribution in [0.1, 0.15) is 33.1 Å². The topological polar surface area (TPSA) is 55.8 Å². The summed E-state index contributed by atoms with van der Waals surface area (Å²) in [7, 11) is 0. The van der Waals surface area contributed by atoms with Crippen molar-refractivity contribution >= 4 is 11.9 Å². The number of hydrogen-bond donors (Lipinski definition) is 0. The average molecular weight is 255 g/mol. The molecule has 18 heavy (non-hydrogen) atoms. The van der Waals surface area contributed by atoms with Crippen molar-refractivity contribution in [3.8, 4) is 0 Å². The Balaban J connectivity index is 1.94. The molecule has 2 aliphatic rings. The Hall–Kier alpha value is -1.10. The highest BCUT2D eigenvalue weighted by atomic mass is 16.6. The molecule has 2 fully saturated rings. The lowest BCUT2D eigenvalue weighted by atomic mass is 9.96. The summed E-state index contributed by atoms with van der Waals surface area (Å²) in [6.45, 7) is 5.62. The summed E-state index contributed by atoms with van der Waals surface area (Å²) in [6, 6.07) is -0.169. The standard InChI is InChI=1S/C13H21NO4/c1-3-17-12(15)10-5-4-6-14(8-10)11-7-9(2)18-13(11)16/h9-11H,3-8H2,1-2H3. The lowest BCUT2D eigenvalue weighted by Crippen LogP contribution is -2.46. The molecule has 2 saturated heterocycles. The van der Waals surface area contributed by atoms with Crippen LogP contribution in [0, 0.1) is 5.92 Å². The van der Waals surface area contributed by atoms with Crippen molar-refractivity contribution in [2.24, 2.45) is 5.92 Å². The second-order valence-corrected chi connectivity index (χ2v) is 5.09. The van der Waals surface area contributed by atoms with Gasteiger partial charge in [0.05, 0.1) is 12.5 Å². The second-order valence-electron chi connectivity index (χ2n) is 5.09. The highest BCUT2D eigenvalue weighted by Gasteiger charge is 2.39. The van der Waals surface area contributed by atoms with Gasteiger partial charge in [-0.1, -0.05) is 0 Å². The zero-order valence-corrected chi connectivity index (χ0v) is 11.1. The molecule has 2 heterocycles. The van der Waals surface area contributed by atoms with Gasteiger partial charge in [-0.05, 0) is 33.2 Å². The SMILES string of the molecule is CCOC(=O)C1CCCN(C2CC(C)OC2=O)C1. The monoisotopic (exact) mass is 255 g/mol. The first-order valence-corrected chi connectivity index (χ1v) is 6.73. The summed E-state index contributed by atoms with van der Waals surface area (Å²) in [6.07, 6.45) is 2.51. The van der Waals surface area contributed by atoms with Gasteiger partial charge in [0.2, 0.25) is 0 Å². The van der Waals surface area contributed by atoms with Gasteiger partial charge in [-0.3, -0.25) is 14.5 Å². The van der Waals surface area contributed by atoms with Gasteiger partial charge in [0.1, 0.15) is 12.1 Å². The van der Waals surface area contributed by atoms with E-state index in [9.17, 15) is 9.59 Å². The molecular formula is C13H21NO4. The maximum Gasteiger partial charge on any atom is 0.323 e. The number of carbonyl (C=O) groups excluding carboxylic acids is 2. The number of carbonyl (C=O) groups is 2. The lowest BCUT2D eigenvalue weighted by Gasteiger charge is -2.33. The van der Waals surface area contributed by atoms with Crippen molar-refractivity contribution in [1.29, 1.82) is 0 Å². The minimum Gasteiger partial charge on any atom is -0.466 e. The predicted octanol–water partition coefficient (Wildman–Crippen LogP) is 0.965. The molecule has 0 radical (unpaired) electrons. The molecule has 5 nitrogen and oxygen atoms in total. The third-order valence-corrected chi connectivity index (χ3v) is 3.66. The molecular weight excluding hydrogens is 234 g/mol. The molecule has 0 aromatic carbocycles. The number of piperidine rings is 1. The molecule has 0 bridgehead atoms. The molecule has 0 aliphatic carbocycles. The normalized spacial score (nSPS) is 33.2. The fraction of sp³-hybridized carbons (Fsp3) is 0.846. The van der Waals surface area contributed by atoms with E-state index < -0.39 is 0 Å². The summed E-state index contributed by atoms with van der Waals surface area (Å²) in [5.41, 5.74) is 0. The van der Waals surface area contributed by atoms with Gasteiger partial charge in [-0.2, -0.15) is 0 Å². The van der Waals surface area contributed by atoms with Crippen LogP contribution in [-0.4, -0.2) is 48.7 Å². The Morgan fingerprint density at radius 1 is 1.56 bits per heavy atom. The first-order chi connectivity index (χ1) is 8.61. The van der Waals surface area contributed by atoms with Crippen LogP contribution in [0.3, 0.4) is 0 Å². The summed E-state index contributed by atoms with van der Waals surface area (Å²) >= 11 is 0. The van der Waals surface area contributed by atoms with Crippen molar-refractivity contribution in [1.82, 2.24) is 4.90 Å². The molecule has 0 saturated carbocycles. The number of ether oxygens (including phenoxy) is 2. The van der Waals surface area contributed by atoms with Crippen LogP contribution in [0.5, 0.6) is 0 Å². The van der Waals surface area contributed by atoms with E-state index >= 15 is 0 Å². The van der Waals surface area contributed by atoms with Crippen LogP contribution >= 0.6 is 0 Å². The van der Waals surface area contributed by atoms with Crippen LogP contribution < -0.4 is 0 Å². The van der Waals surface area contributed by atoms with Crippen LogP contribution in [0.4, 0.5) is 0 Å². The zero-order chi connectivity index (χ0) is 13.1. The van der Waals surface area contributed by atoms with Gasteiger partial charge < -0.3 is 9.47 Å². The van der Waals surface area contributed by atoms with Crippen molar-refractivity contribution in [2.75, 3.05) is 19.7 Å². The summed E-state index contributed by atoms with van der Waals surface area (Å²) in [5, 5.41) is 0. The lowest BCUT2D eigenvalue weighted by molar-refractivity contribution is -0.152. The molecule has 3 unspecified atom stereocenters. The summed E-state index contributed by atoms with van der Waals surface area (Å²) < 4.78 is 10.2. The molecule has 0 spiro atoms. The van der Waals surface area contributed by atoms with Gasteiger partial charge in [0.15, 0.2) is 0 Å². The Morgan fingerprint density at radius 3 is 2.94 bits per heavy atom. The first kappa shape index (κ1) is 13.3. The number of cyclic esters (lactones) is 1. The molecule has 102 valence electrons. The van der Waals surface area contributed by atoms with Gasteiger partial charge in [0.25, 0.3) is 0 Å². The molecule has 0 N–H and O–H groups in total. The smallest absolute Gasteiger partial charge is 0.323 e. The van der Waals surface area contributed by atoms with Crippen molar-refractivity contribution in [3.05, 3.63) is 0 Å². The van der Waals surface area contributed by atoms with Gasteiger partial charge in [-0.25, -0.2) is 0 Å². The van der Waals surface area contributed by atoms with Crippen LogP contribution in [0.15, 0.2) is 0 Å². The van der Waals surface area contributed by atoms with Crippen molar-refractivity contribution in [3.63, 3.8) is 0 Å². The van der Waals surface area contributed by atoms with Crippen LogP contribution in [-0.2, 0) is 19.1 Å². The van der Waals surface area contributed by atoms with Gasteiger partial charge >= 0.3 is 11.9 Å². The maximum atomic E-state index is 11.7. The molecule has 2 aliphatic heterocycles. The van der Waals surface area contributed by atoms with Crippen molar-refractivity contribution < 1.29 is 19.1 Å². The predicted molar refractivity (Wildman–Crippen MR) is 64.9 cm³/mol. The second kappa shape index (κ2) is 5.69. The van der Waals surface area contributed by atoms with Gasteiger partial charge in [0, 0.05) is 13.0 Å². The van der Waals surface area contributed by atoms with Crippen LogP contribution in [0.25, 0.3) is 0 Å². The van der Waals surface area contributed by atoms with Crippen LogP contribution in [0.2, 0.25) is 0 Å². The number of rotatable bonds is 3. The molecule has 3 atom stereocenters. The third-order valence-electron chi connectivity index (χ3n) is 3.66. The van der Waals surface area contributed by atoms with E-state index in [-0.39, 0.29) is 30.0 Å². The summed E-state index contributed by atoms with van der Waals surface area (Å²) in [5.74, 6) is -0.379. The van der Waals surface area contributed by atoms with E-state index in [4.69, 9.17) is 9.47 Å². The third kappa shape index (κ3) is 2.83. The van der Waals surface area contributed by atoms with E-state index in [0.717, 1.165) is 25.8 Å². The number of hydrogen-bond acceptors (Lipinski definition) is 5. The van der Waals surface area contributed by atoms with E-state index in [1.54, 1.807) is 0 Å². The Labute approximate surface area is 107 Å². The zero-order valence-electron chi connectivity index (χ0n) is 11.1. The van der Waals surface area contributed by atoms with E-state index in [1.807, 2.05) is 13.8 Å². The quantitative estimate of drug-likeness (QED) is 0.703. The number of likely N-dealkylation sites (tertiary alicyclic amines) is 1. The molecule has 0 amide bonds. The molecule has 0 aromatic rings. The summed E-state index contributed by atoms with van der Waals surface area (Å²) in [4.78, 5) is 25.5.